The summed E-state index contributed by atoms with van der Waals surface area (Å²) in [5.41, 5.74) is 0.474. The molecule has 0 radical (unpaired) electrons. The summed E-state index contributed by atoms with van der Waals surface area (Å²) in [5, 5.41) is 3.55. The van der Waals surface area contributed by atoms with Crippen LogP contribution >= 0.6 is 22.9 Å². The molecule has 1 N–H and O–H groups in total. The van der Waals surface area contributed by atoms with Gasteiger partial charge in [-0.05, 0) is 68.5 Å². The van der Waals surface area contributed by atoms with Gasteiger partial charge in [-0.3, -0.25) is 0 Å². The third kappa shape index (κ3) is 4.22. The molecule has 1 unspecified atom stereocenters. The Morgan fingerprint density at radius 3 is 2.35 bits per heavy atom. The molecular formula is C17H28ClNS. The Morgan fingerprint density at radius 1 is 1.25 bits per heavy atom. The molecule has 1 aliphatic carbocycles. The molecular weight excluding hydrogens is 286 g/mol. The van der Waals surface area contributed by atoms with Crippen molar-refractivity contribution in [3.63, 3.8) is 0 Å². The van der Waals surface area contributed by atoms with Gasteiger partial charge < -0.3 is 5.32 Å². The molecule has 0 saturated heterocycles. The summed E-state index contributed by atoms with van der Waals surface area (Å²) >= 11 is 7.77. The maximum Gasteiger partial charge on any atom is 0.0931 e. The van der Waals surface area contributed by atoms with Crippen LogP contribution in [0.5, 0.6) is 0 Å². The Kier molecular flexibility index (Phi) is 5.56. The highest BCUT2D eigenvalue weighted by atomic mass is 35.5. The topological polar surface area (TPSA) is 12.0 Å². The Hall–Kier alpha value is -0.0500. The first-order chi connectivity index (χ1) is 9.40. The summed E-state index contributed by atoms with van der Waals surface area (Å²) in [5.74, 6) is 1.71. The van der Waals surface area contributed by atoms with Crippen LogP contribution in [0.2, 0.25) is 4.34 Å². The van der Waals surface area contributed by atoms with Gasteiger partial charge in [-0.15, -0.1) is 11.3 Å². The van der Waals surface area contributed by atoms with Gasteiger partial charge in [0.25, 0.3) is 0 Å². The average molecular weight is 314 g/mol. The number of likely N-dealkylation sites (N-methyl/N-ethyl adjacent to an activating group) is 1. The molecule has 3 heteroatoms. The third-order valence-electron chi connectivity index (χ3n) is 4.99. The molecule has 1 aromatic heterocycles. The highest BCUT2D eigenvalue weighted by molar-refractivity contribution is 7.16. The van der Waals surface area contributed by atoms with Gasteiger partial charge in [0.1, 0.15) is 0 Å². The van der Waals surface area contributed by atoms with E-state index in [0.717, 1.165) is 22.6 Å². The van der Waals surface area contributed by atoms with Gasteiger partial charge in [-0.1, -0.05) is 32.4 Å². The second kappa shape index (κ2) is 6.81. The SMILES string of the molecule is CNC(Cc1ccc(Cl)s1)C1CCC(C(C)(C)C)CC1. The smallest absolute Gasteiger partial charge is 0.0931 e. The summed E-state index contributed by atoms with van der Waals surface area (Å²) in [4.78, 5) is 1.41. The van der Waals surface area contributed by atoms with Crippen LogP contribution in [-0.2, 0) is 6.42 Å². The highest BCUT2D eigenvalue weighted by Gasteiger charge is 2.32. The van der Waals surface area contributed by atoms with E-state index in [4.69, 9.17) is 11.6 Å². The van der Waals surface area contributed by atoms with E-state index < -0.39 is 0 Å². The first kappa shape index (κ1) is 16.3. The van der Waals surface area contributed by atoms with Crippen molar-refractivity contribution in [3.8, 4) is 0 Å². The van der Waals surface area contributed by atoms with Crippen LogP contribution in [0, 0.1) is 17.3 Å². The number of hydrogen-bond acceptors (Lipinski definition) is 2. The van der Waals surface area contributed by atoms with E-state index in [2.05, 4.69) is 39.2 Å². The highest BCUT2D eigenvalue weighted by Crippen LogP contribution is 2.41. The molecule has 0 spiro atoms. The van der Waals surface area contributed by atoms with Crippen molar-refractivity contribution in [1.29, 1.82) is 0 Å². The molecule has 1 fully saturated rings. The zero-order valence-electron chi connectivity index (χ0n) is 13.2. The number of rotatable bonds is 4. The fourth-order valence-corrected chi connectivity index (χ4v) is 4.72. The van der Waals surface area contributed by atoms with Crippen molar-refractivity contribution in [2.45, 2.75) is 58.9 Å². The summed E-state index contributed by atoms with van der Waals surface area (Å²) in [6, 6.07) is 4.80. The van der Waals surface area contributed by atoms with Crippen LogP contribution < -0.4 is 5.32 Å². The lowest BCUT2D eigenvalue weighted by Gasteiger charge is -2.39. The van der Waals surface area contributed by atoms with Gasteiger partial charge in [-0.2, -0.15) is 0 Å². The first-order valence-corrected chi connectivity index (χ1v) is 9.01. The van der Waals surface area contributed by atoms with Crippen molar-refractivity contribution >= 4 is 22.9 Å². The molecule has 2 rings (SSSR count). The second-order valence-electron chi connectivity index (χ2n) is 7.28. The largest absolute Gasteiger partial charge is 0.316 e. The molecule has 1 saturated carbocycles. The van der Waals surface area contributed by atoms with Crippen molar-refractivity contribution in [2.75, 3.05) is 7.05 Å². The maximum atomic E-state index is 6.04. The number of hydrogen-bond donors (Lipinski definition) is 1. The fraction of sp³-hybridized carbons (Fsp3) is 0.765. The standard InChI is InChI=1S/C17H28ClNS/c1-17(2,3)13-7-5-12(6-8-13)15(19-4)11-14-9-10-16(18)20-14/h9-10,12-13,15,19H,5-8,11H2,1-4H3. The summed E-state index contributed by atoms with van der Waals surface area (Å²) in [7, 11) is 2.11. The minimum absolute atomic E-state index is 0.474. The lowest BCUT2D eigenvalue weighted by molar-refractivity contribution is 0.134. The summed E-state index contributed by atoms with van der Waals surface area (Å²) in [6.07, 6.45) is 6.63. The van der Waals surface area contributed by atoms with Crippen LogP contribution in [0.15, 0.2) is 12.1 Å². The number of thiophene rings is 1. The Morgan fingerprint density at radius 2 is 1.90 bits per heavy atom. The molecule has 1 aromatic rings. The molecule has 1 nitrogen and oxygen atoms in total. The van der Waals surface area contributed by atoms with Gasteiger partial charge in [0.05, 0.1) is 4.34 Å². The Balaban J connectivity index is 1.90. The van der Waals surface area contributed by atoms with Gasteiger partial charge in [0.2, 0.25) is 0 Å². The van der Waals surface area contributed by atoms with Gasteiger partial charge in [0, 0.05) is 10.9 Å². The van der Waals surface area contributed by atoms with Crippen LogP contribution in [0.1, 0.15) is 51.3 Å². The summed E-state index contributed by atoms with van der Waals surface area (Å²) in [6.45, 7) is 7.17. The predicted molar refractivity (Wildman–Crippen MR) is 90.8 cm³/mol. The van der Waals surface area contributed by atoms with Crippen molar-refractivity contribution in [1.82, 2.24) is 5.32 Å². The van der Waals surface area contributed by atoms with Gasteiger partial charge in [0.15, 0.2) is 0 Å². The van der Waals surface area contributed by atoms with Crippen molar-refractivity contribution < 1.29 is 0 Å². The molecule has 0 amide bonds. The van der Waals surface area contributed by atoms with E-state index in [1.165, 1.54) is 30.6 Å². The van der Waals surface area contributed by atoms with E-state index >= 15 is 0 Å². The predicted octanol–water partition coefficient (Wildman–Crippen LogP) is 5.38. The fourth-order valence-electron chi connectivity index (χ4n) is 3.57. The van der Waals surface area contributed by atoms with E-state index in [1.54, 1.807) is 11.3 Å². The zero-order chi connectivity index (χ0) is 14.8. The van der Waals surface area contributed by atoms with Crippen LogP contribution in [0.4, 0.5) is 0 Å². The molecule has 1 atom stereocenters. The quantitative estimate of drug-likeness (QED) is 0.786. The average Bonchev–Trinajstić information content (AvgIpc) is 2.81. The van der Waals surface area contributed by atoms with Crippen LogP contribution in [-0.4, -0.2) is 13.1 Å². The van der Waals surface area contributed by atoms with Crippen molar-refractivity contribution in [2.24, 2.45) is 17.3 Å². The Bertz CT molecular complexity index is 413. The molecule has 1 aliphatic rings. The van der Waals surface area contributed by atoms with E-state index in [9.17, 15) is 0 Å². The monoisotopic (exact) mass is 313 g/mol. The Labute approximate surface area is 133 Å². The minimum Gasteiger partial charge on any atom is -0.316 e. The van der Waals surface area contributed by atoms with Crippen LogP contribution in [0.3, 0.4) is 0 Å². The zero-order valence-corrected chi connectivity index (χ0v) is 14.8. The van der Waals surface area contributed by atoms with E-state index in [1.807, 2.05) is 6.07 Å². The van der Waals surface area contributed by atoms with E-state index in [0.29, 0.717) is 11.5 Å². The minimum atomic E-state index is 0.474. The third-order valence-corrected chi connectivity index (χ3v) is 6.24. The van der Waals surface area contributed by atoms with Crippen molar-refractivity contribution in [3.05, 3.63) is 21.3 Å². The first-order valence-electron chi connectivity index (χ1n) is 7.81. The molecule has 1 heterocycles. The molecule has 20 heavy (non-hydrogen) atoms. The van der Waals surface area contributed by atoms with E-state index in [-0.39, 0.29) is 0 Å². The van der Waals surface area contributed by atoms with Gasteiger partial charge >= 0.3 is 0 Å². The maximum absolute atomic E-state index is 6.04. The molecule has 0 aromatic carbocycles. The normalized spacial score (nSPS) is 25.6. The second-order valence-corrected chi connectivity index (χ2v) is 9.08. The lowest BCUT2D eigenvalue weighted by Crippen LogP contribution is -2.38. The summed E-state index contributed by atoms with van der Waals surface area (Å²) < 4.78 is 0.909. The molecule has 0 bridgehead atoms. The number of halogens is 1. The number of nitrogens with one attached hydrogen (secondary N) is 1. The van der Waals surface area contributed by atoms with Gasteiger partial charge in [-0.25, -0.2) is 0 Å². The van der Waals surface area contributed by atoms with Crippen LogP contribution in [0.25, 0.3) is 0 Å². The molecule has 114 valence electrons. The lowest BCUT2D eigenvalue weighted by atomic mass is 9.68. The molecule has 0 aliphatic heterocycles.